The molecule has 1 aromatic carbocycles. The number of hydrogen-bond acceptors (Lipinski definition) is 5. The maximum atomic E-state index is 10.9. The van der Waals surface area contributed by atoms with Crippen LogP contribution in [0.15, 0.2) is 29.3 Å². The first-order valence-corrected chi connectivity index (χ1v) is 8.99. The van der Waals surface area contributed by atoms with Crippen LogP contribution in [0.3, 0.4) is 0 Å². The Balaban J connectivity index is 2.26. The van der Waals surface area contributed by atoms with Gasteiger partial charge in [0.05, 0.1) is 4.92 Å². The number of para-hydroxylation sites is 2. The van der Waals surface area contributed by atoms with Crippen molar-refractivity contribution in [1.82, 2.24) is 10.6 Å². The maximum Gasteiger partial charge on any atom is 0.292 e. The number of hydrogen-bond donors (Lipinski definition) is 3. The monoisotopic (exact) mass is 339 g/mol. The number of benzene rings is 1. The van der Waals surface area contributed by atoms with E-state index < -0.39 is 0 Å². The van der Waals surface area contributed by atoms with Crippen molar-refractivity contribution < 1.29 is 4.92 Å². The third-order valence-electron chi connectivity index (χ3n) is 3.12. The van der Waals surface area contributed by atoms with Crippen LogP contribution in [-0.4, -0.2) is 49.6 Å². The molecule has 0 saturated heterocycles. The average molecular weight is 339 g/mol. The van der Waals surface area contributed by atoms with Crippen molar-refractivity contribution in [1.29, 1.82) is 0 Å². The van der Waals surface area contributed by atoms with Crippen molar-refractivity contribution in [2.45, 2.75) is 12.8 Å². The van der Waals surface area contributed by atoms with Crippen LogP contribution in [0, 0.1) is 10.1 Å². The van der Waals surface area contributed by atoms with Crippen LogP contribution in [0.5, 0.6) is 0 Å². The minimum atomic E-state index is -0.384. The Labute approximate surface area is 141 Å². The lowest BCUT2D eigenvalue weighted by molar-refractivity contribution is -0.384. The molecule has 0 atom stereocenters. The maximum absolute atomic E-state index is 10.9. The van der Waals surface area contributed by atoms with E-state index in [-0.39, 0.29) is 10.6 Å². The molecule has 0 heterocycles. The molecule has 0 bridgehead atoms. The summed E-state index contributed by atoms with van der Waals surface area (Å²) in [6, 6.07) is 6.63. The fourth-order valence-electron chi connectivity index (χ4n) is 1.96. The van der Waals surface area contributed by atoms with Crippen molar-refractivity contribution in [3.8, 4) is 0 Å². The lowest BCUT2D eigenvalue weighted by atomic mass is 10.2. The number of unbranched alkanes of at least 4 members (excludes halogenated alkanes) is 1. The molecule has 1 aromatic rings. The first-order chi connectivity index (χ1) is 11.2. The molecular formula is C15H25N5O2S. The minimum absolute atomic E-state index is 0.0869. The second-order valence-electron chi connectivity index (χ2n) is 4.83. The van der Waals surface area contributed by atoms with Gasteiger partial charge < -0.3 is 16.0 Å². The zero-order valence-electron chi connectivity index (χ0n) is 13.7. The first-order valence-electron chi connectivity index (χ1n) is 7.59. The smallest absolute Gasteiger partial charge is 0.292 e. The highest BCUT2D eigenvalue weighted by Gasteiger charge is 2.11. The Bertz CT molecular complexity index is 510. The Kier molecular flexibility index (Phi) is 9.62. The van der Waals surface area contributed by atoms with Gasteiger partial charge in [0.25, 0.3) is 5.69 Å². The van der Waals surface area contributed by atoms with Crippen LogP contribution in [0.1, 0.15) is 12.8 Å². The molecule has 128 valence electrons. The van der Waals surface area contributed by atoms with Crippen molar-refractivity contribution in [2.75, 3.05) is 44.0 Å². The second-order valence-corrected chi connectivity index (χ2v) is 5.81. The number of nitro benzene ring substituents is 1. The predicted octanol–water partition coefficient (Wildman–Crippen LogP) is 2.31. The van der Waals surface area contributed by atoms with E-state index in [1.54, 1.807) is 25.2 Å². The van der Waals surface area contributed by atoms with Crippen LogP contribution >= 0.6 is 11.8 Å². The number of nitrogens with zero attached hydrogens (tertiary/aromatic N) is 2. The van der Waals surface area contributed by atoms with Gasteiger partial charge in [-0.1, -0.05) is 12.1 Å². The molecule has 0 aliphatic carbocycles. The number of nitro groups is 1. The van der Waals surface area contributed by atoms with Crippen molar-refractivity contribution in [3.05, 3.63) is 34.4 Å². The quantitative estimate of drug-likeness (QED) is 0.199. The lowest BCUT2D eigenvalue weighted by Gasteiger charge is -2.12. The van der Waals surface area contributed by atoms with Gasteiger partial charge in [0.15, 0.2) is 5.96 Å². The standard InChI is InChI=1S/C15H25N5O2S/c1-16-15(18-9-5-6-12-23-2)19-11-10-17-13-7-3-4-8-14(13)20(21)22/h3-4,7-8,17H,5-6,9-12H2,1-2H3,(H2,16,18,19). The molecule has 7 nitrogen and oxygen atoms in total. The molecule has 0 unspecified atom stereocenters. The van der Waals surface area contributed by atoms with E-state index >= 15 is 0 Å². The largest absolute Gasteiger partial charge is 0.378 e. The molecule has 8 heteroatoms. The van der Waals surface area contributed by atoms with E-state index in [4.69, 9.17) is 0 Å². The Morgan fingerprint density at radius 1 is 1.22 bits per heavy atom. The highest BCUT2D eigenvalue weighted by molar-refractivity contribution is 7.98. The molecule has 0 saturated carbocycles. The van der Waals surface area contributed by atoms with Gasteiger partial charge in [0, 0.05) is 32.7 Å². The summed E-state index contributed by atoms with van der Waals surface area (Å²) >= 11 is 1.85. The normalized spacial score (nSPS) is 11.1. The summed E-state index contributed by atoms with van der Waals surface area (Å²) in [7, 11) is 1.73. The molecule has 0 radical (unpaired) electrons. The van der Waals surface area contributed by atoms with Crippen LogP contribution < -0.4 is 16.0 Å². The van der Waals surface area contributed by atoms with E-state index in [2.05, 4.69) is 27.2 Å². The highest BCUT2D eigenvalue weighted by atomic mass is 32.2. The Hall–Kier alpha value is -1.96. The highest BCUT2D eigenvalue weighted by Crippen LogP contribution is 2.22. The first kappa shape index (κ1) is 19.1. The third kappa shape index (κ3) is 7.73. The van der Waals surface area contributed by atoms with E-state index in [0.29, 0.717) is 18.8 Å². The zero-order valence-corrected chi connectivity index (χ0v) is 14.5. The summed E-state index contributed by atoms with van der Waals surface area (Å²) in [6.45, 7) is 2.08. The number of rotatable bonds is 10. The third-order valence-corrected chi connectivity index (χ3v) is 3.82. The summed E-state index contributed by atoms with van der Waals surface area (Å²) < 4.78 is 0. The SMILES string of the molecule is CN=C(NCCCCSC)NCCNc1ccccc1[N+](=O)[O-]. The van der Waals surface area contributed by atoms with E-state index in [1.807, 2.05) is 11.8 Å². The predicted molar refractivity (Wildman–Crippen MR) is 98.6 cm³/mol. The summed E-state index contributed by atoms with van der Waals surface area (Å²) in [4.78, 5) is 14.7. The van der Waals surface area contributed by atoms with Gasteiger partial charge in [-0.15, -0.1) is 0 Å². The number of thioether (sulfide) groups is 1. The lowest BCUT2D eigenvalue weighted by Crippen LogP contribution is -2.39. The van der Waals surface area contributed by atoms with Gasteiger partial charge >= 0.3 is 0 Å². The van der Waals surface area contributed by atoms with Gasteiger partial charge in [-0.05, 0) is 30.9 Å². The average Bonchev–Trinajstić information content (AvgIpc) is 2.56. The molecular weight excluding hydrogens is 314 g/mol. The fraction of sp³-hybridized carbons (Fsp3) is 0.533. The van der Waals surface area contributed by atoms with Crippen molar-refractivity contribution >= 4 is 29.1 Å². The topological polar surface area (TPSA) is 91.6 Å². The zero-order chi connectivity index (χ0) is 16.9. The Morgan fingerprint density at radius 3 is 2.65 bits per heavy atom. The van der Waals surface area contributed by atoms with Gasteiger partial charge in [0.1, 0.15) is 5.69 Å². The van der Waals surface area contributed by atoms with Gasteiger partial charge in [-0.25, -0.2) is 0 Å². The van der Waals surface area contributed by atoms with Gasteiger partial charge in [-0.3, -0.25) is 15.1 Å². The van der Waals surface area contributed by atoms with E-state index in [9.17, 15) is 10.1 Å². The van der Waals surface area contributed by atoms with Crippen LogP contribution in [0.25, 0.3) is 0 Å². The summed E-state index contributed by atoms with van der Waals surface area (Å²) in [5.41, 5.74) is 0.614. The summed E-state index contributed by atoms with van der Waals surface area (Å²) in [5.74, 6) is 1.92. The summed E-state index contributed by atoms with van der Waals surface area (Å²) in [5, 5.41) is 20.4. The number of aliphatic imine (C=N–C) groups is 1. The molecule has 1 rings (SSSR count). The molecule has 0 aliphatic heterocycles. The van der Waals surface area contributed by atoms with E-state index in [0.717, 1.165) is 18.9 Å². The van der Waals surface area contributed by atoms with Crippen molar-refractivity contribution in [2.24, 2.45) is 4.99 Å². The molecule has 0 spiro atoms. The second kappa shape index (κ2) is 11.6. The summed E-state index contributed by atoms with van der Waals surface area (Å²) in [6.07, 6.45) is 4.40. The molecule has 3 N–H and O–H groups in total. The number of anilines is 1. The number of guanidine groups is 1. The van der Waals surface area contributed by atoms with Gasteiger partial charge in [0.2, 0.25) is 0 Å². The molecule has 0 amide bonds. The van der Waals surface area contributed by atoms with Gasteiger partial charge in [-0.2, -0.15) is 11.8 Å². The van der Waals surface area contributed by atoms with Crippen LogP contribution in [0.4, 0.5) is 11.4 Å². The number of nitrogens with one attached hydrogen (secondary N) is 3. The van der Waals surface area contributed by atoms with E-state index in [1.165, 1.54) is 18.2 Å². The molecule has 23 heavy (non-hydrogen) atoms. The molecule has 0 fully saturated rings. The van der Waals surface area contributed by atoms with Crippen LogP contribution in [0.2, 0.25) is 0 Å². The van der Waals surface area contributed by atoms with Crippen LogP contribution in [-0.2, 0) is 0 Å². The Morgan fingerprint density at radius 2 is 1.96 bits per heavy atom. The van der Waals surface area contributed by atoms with Crippen molar-refractivity contribution in [3.63, 3.8) is 0 Å². The fourth-order valence-corrected chi connectivity index (χ4v) is 2.45. The molecule has 0 aromatic heterocycles. The minimum Gasteiger partial charge on any atom is -0.378 e. The molecule has 0 aliphatic rings.